The predicted octanol–water partition coefficient (Wildman–Crippen LogP) is 4.11. The summed E-state index contributed by atoms with van der Waals surface area (Å²) in [5.41, 5.74) is -0.984. The first-order chi connectivity index (χ1) is 12.9. The van der Waals surface area contributed by atoms with Gasteiger partial charge in [-0.15, -0.1) is 0 Å². The summed E-state index contributed by atoms with van der Waals surface area (Å²) in [7, 11) is -3.79. The molecule has 2 aliphatic rings. The summed E-state index contributed by atoms with van der Waals surface area (Å²) < 4.78 is 28.3. The molecule has 0 aliphatic heterocycles. The maximum Gasteiger partial charge on any atom is 0.244 e. The molecule has 0 spiro atoms. The van der Waals surface area contributed by atoms with E-state index in [1.807, 2.05) is 4.90 Å². The van der Waals surface area contributed by atoms with Gasteiger partial charge in [0.05, 0.1) is 4.90 Å². The van der Waals surface area contributed by atoms with Gasteiger partial charge in [0.1, 0.15) is 5.54 Å². The van der Waals surface area contributed by atoms with Gasteiger partial charge in [-0.05, 0) is 50.3 Å². The minimum absolute atomic E-state index is 0.0538. The number of benzene rings is 1. The molecule has 1 aromatic rings. The molecule has 0 bridgehead atoms. The Hall–Kier alpha value is -1.11. The second kappa shape index (κ2) is 8.50. The highest BCUT2D eigenvalue weighted by Gasteiger charge is 2.55. The molecule has 3 rings (SSSR count). The van der Waals surface area contributed by atoms with Crippen LogP contribution in [0.3, 0.4) is 0 Å². The van der Waals surface area contributed by atoms with Crippen molar-refractivity contribution in [1.29, 1.82) is 0 Å². The van der Waals surface area contributed by atoms with Gasteiger partial charge >= 0.3 is 0 Å². The molecule has 2 aliphatic carbocycles. The Balaban J connectivity index is 1.79. The van der Waals surface area contributed by atoms with Crippen molar-refractivity contribution in [2.75, 3.05) is 6.54 Å². The van der Waals surface area contributed by atoms with Crippen LogP contribution in [-0.4, -0.2) is 37.4 Å². The maximum atomic E-state index is 13.4. The maximum absolute atomic E-state index is 13.4. The van der Waals surface area contributed by atoms with E-state index in [-0.39, 0.29) is 16.8 Å². The lowest BCUT2D eigenvalue weighted by Gasteiger charge is -2.34. The van der Waals surface area contributed by atoms with Crippen molar-refractivity contribution < 1.29 is 13.2 Å². The summed E-state index contributed by atoms with van der Waals surface area (Å²) in [4.78, 5) is 15.4. The number of sulfonamides is 1. The summed E-state index contributed by atoms with van der Waals surface area (Å²) in [6, 6.07) is 6.39. The highest BCUT2D eigenvalue weighted by molar-refractivity contribution is 7.89. The largest absolute Gasteiger partial charge is 0.338 e. The Bertz CT molecular complexity index is 769. The van der Waals surface area contributed by atoms with Crippen molar-refractivity contribution >= 4 is 27.5 Å². The molecule has 0 atom stereocenters. The Labute approximate surface area is 167 Å². The molecular formula is C20H29ClN2O3S. The Morgan fingerprint density at radius 1 is 1.22 bits per heavy atom. The number of carbonyl (C=O) groups is 1. The molecule has 0 heterocycles. The van der Waals surface area contributed by atoms with Crippen LogP contribution in [0, 0.1) is 0 Å². The Morgan fingerprint density at radius 2 is 1.89 bits per heavy atom. The van der Waals surface area contributed by atoms with Gasteiger partial charge in [-0.1, -0.05) is 50.3 Å². The van der Waals surface area contributed by atoms with Crippen LogP contribution in [0.5, 0.6) is 0 Å². The third-order valence-corrected chi connectivity index (χ3v) is 7.36. The minimum Gasteiger partial charge on any atom is -0.338 e. The second-order valence-corrected chi connectivity index (χ2v) is 9.91. The molecule has 1 aromatic carbocycles. The fraction of sp³-hybridized carbons (Fsp3) is 0.650. The quantitative estimate of drug-likeness (QED) is 0.685. The lowest BCUT2D eigenvalue weighted by molar-refractivity contribution is -0.136. The molecule has 1 amide bonds. The number of nitrogens with zero attached hydrogens (tertiary/aromatic N) is 1. The summed E-state index contributed by atoms with van der Waals surface area (Å²) in [5.74, 6) is -0.0538. The van der Waals surface area contributed by atoms with Gasteiger partial charge in [-0.2, -0.15) is 4.72 Å². The first-order valence-corrected chi connectivity index (χ1v) is 11.8. The van der Waals surface area contributed by atoms with E-state index in [1.54, 1.807) is 12.1 Å². The van der Waals surface area contributed by atoms with Gasteiger partial charge in [0.25, 0.3) is 0 Å². The monoisotopic (exact) mass is 412 g/mol. The van der Waals surface area contributed by atoms with Gasteiger partial charge in [-0.25, -0.2) is 8.42 Å². The van der Waals surface area contributed by atoms with Crippen LogP contribution in [0.2, 0.25) is 5.02 Å². The lowest BCUT2D eigenvalue weighted by atomic mass is 10.0. The molecule has 1 N–H and O–H groups in total. The number of hydrogen-bond donors (Lipinski definition) is 1. The van der Waals surface area contributed by atoms with Crippen molar-refractivity contribution in [2.24, 2.45) is 0 Å². The van der Waals surface area contributed by atoms with Crippen molar-refractivity contribution in [3.8, 4) is 0 Å². The minimum atomic E-state index is -3.79. The summed E-state index contributed by atoms with van der Waals surface area (Å²) >= 11 is 5.94. The molecule has 2 saturated carbocycles. The molecular weight excluding hydrogens is 384 g/mol. The first-order valence-electron chi connectivity index (χ1n) is 9.98. The van der Waals surface area contributed by atoms with Crippen LogP contribution in [0.1, 0.15) is 64.7 Å². The molecule has 0 saturated heterocycles. The SMILES string of the molecule is CCCN(C(=O)C1(NS(=O)(=O)c2cccc(Cl)c2)CC1)C1CCCCCC1. The molecule has 2 fully saturated rings. The highest BCUT2D eigenvalue weighted by atomic mass is 35.5. The Morgan fingerprint density at radius 3 is 2.44 bits per heavy atom. The third-order valence-electron chi connectivity index (χ3n) is 5.59. The van der Waals surface area contributed by atoms with E-state index in [1.165, 1.54) is 25.0 Å². The average Bonchev–Trinajstić information content (AvgIpc) is 3.43. The second-order valence-electron chi connectivity index (χ2n) is 7.79. The van der Waals surface area contributed by atoms with E-state index in [0.717, 1.165) is 32.1 Å². The van der Waals surface area contributed by atoms with E-state index in [9.17, 15) is 13.2 Å². The lowest BCUT2D eigenvalue weighted by Crippen LogP contribution is -2.53. The fourth-order valence-corrected chi connectivity index (χ4v) is 5.69. The molecule has 0 aromatic heterocycles. The van der Waals surface area contributed by atoms with Crippen LogP contribution >= 0.6 is 11.6 Å². The van der Waals surface area contributed by atoms with E-state index >= 15 is 0 Å². The number of rotatable bonds is 7. The van der Waals surface area contributed by atoms with Crippen LogP contribution in [0.25, 0.3) is 0 Å². The number of hydrogen-bond acceptors (Lipinski definition) is 3. The summed E-state index contributed by atoms with van der Waals surface area (Å²) in [6.45, 7) is 2.75. The van der Waals surface area contributed by atoms with Crippen molar-refractivity contribution in [2.45, 2.75) is 81.2 Å². The fourth-order valence-electron chi connectivity index (χ4n) is 3.97. The van der Waals surface area contributed by atoms with Crippen LogP contribution < -0.4 is 4.72 Å². The predicted molar refractivity (Wildman–Crippen MR) is 107 cm³/mol. The third kappa shape index (κ3) is 4.84. The normalized spacial score (nSPS) is 20.1. The van der Waals surface area contributed by atoms with Gasteiger partial charge in [0.15, 0.2) is 0 Å². The number of amides is 1. The van der Waals surface area contributed by atoms with Crippen molar-refractivity contribution in [1.82, 2.24) is 9.62 Å². The molecule has 27 heavy (non-hydrogen) atoms. The molecule has 5 nitrogen and oxygen atoms in total. The van der Waals surface area contributed by atoms with E-state index < -0.39 is 15.6 Å². The molecule has 0 radical (unpaired) electrons. The smallest absolute Gasteiger partial charge is 0.244 e. The van der Waals surface area contributed by atoms with Gasteiger partial charge < -0.3 is 4.90 Å². The van der Waals surface area contributed by atoms with Gasteiger partial charge in [0, 0.05) is 17.6 Å². The zero-order valence-electron chi connectivity index (χ0n) is 15.9. The van der Waals surface area contributed by atoms with E-state index in [4.69, 9.17) is 11.6 Å². The topological polar surface area (TPSA) is 66.5 Å². The summed E-state index contributed by atoms with van der Waals surface area (Å²) in [5, 5.41) is 0.361. The molecule has 7 heteroatoms. The zero-order chi connectivity index (χ0) is 19.5. The van der Waals surface area contributed by atoms with Gasteiger partial charge in [-0.3, -0.25) is 4.79 Å². The highest BCUT2D eigenvalue weighted by Crippen LogP contribution is 2.40. The van der Waals surface area contributed by atoms with Crippen LogP contribution in [-0.2, 0) is 14.8 Å². The zero-order valence-corrected chi connectivity index (χ0v) is 17.5. The number of halogens is 1. The van der Waals surface area contributed by atoms with Crippen molar-refractivity contribution in [3.05, 3.63) is 29.3 Å². The van der Waals surface area contributed by atoms with Gasteiger partial charge in [0.2, 0.25) is 15.9 Å². The van der Waals surface area contributed by atoms with E-state index in [2.05, 4.69) is 11.6 Å². The van der Waals surface area contributed by atoms with Crippen LogP contribution in [0.15, 0.2) is 29.2 Å². The molecule has 150 valence electrons. The first kappa shape index (κ1) is 20.6. The average molecular weight is 413 g/mol. The van der Waals surface area contributed by atoms with Crippen molar-refractivity contribution in [3.63, 3.8) is 0 Å². The number of nitrogens with one attached hydrogen (secondary N) is 1. The molecule has 0 unspecified atom stereocenters. The standard InChI is InChI=1S/C20H29ClN2O3S/c1-2-14-23(17-9-5-3-4-6-10-17)19(24)20(12-13-20)22-27(25,26)18-11-7-8-16(21)15-18/h7-8,11,15,17,22H,2-6,9-10,12-14H2,1H3. The number of carbonyl (C=O) groups excluding carboxylic acids is 1. The van der Waals surface area contributed by atoms with E-state index in [0.29, 0.717) is 24.4 Å². The van der Waals surface area contributed by atoms with Crippen LogP contribution in [0.4, 0.5) is 0 Å². The Kier molecular flexibility index (Phi) is 6.49. The summed E-state index contributed by atoms with van der Waals surface area (Å²) in [6.07, 6.45) is 8.73.